The number of rotatable bonds is 4. The first-order chi connectivity index (χ1) is 10.7. The maximum atomic E-state index is 5.89. The highest BCUT2D eigenvalue weighted by molar-refractivity contribution is 5.31. The summed E-state index contributed by atoms with van der Waals surface area (Å²) in [4.78, 5) is 0. The summed E-state index contributed by atoms with van der Waals surface area (Å²) >= 11 is 0. The van der Waals surface area contributed by atoms with Gasteiger partial charge in [0, 0.05) is 12.8 Å². The Hall–Kier alpha value is -2.48. The maximum Gasteiger partial charge on any atom is 0.126 e. The molecular formula is C20H20O2. The van der Waals surface area contributed by atoms with Gasteiger partial charge in [-0.25, -0.2) is 0 Å². The van der Waals surface area contributed by atoms with Crippen molar-refractivity contribution < 1.29 is 9.47 Å². The van der Waals surface area contributed by atoms with E-state index in [0.29, 0.717) is 0 Å². The molecule has 0 heterocycles. The summed E-state index contributed by atoms with van der Waals surface area (Å²) in [5.41, 5.74) is 2.47. The fraction of sp³-hybridized carbons (Fsp3) is 0.200. The largest absolute Gasteiger partial charge is 0.462 e. The Morgan fingerprint density at radius 1 is 0.591 bits per heavy atom. The molecule has 0 fully saturated rings. The van der Waals surface area contributed by atoms with Gasteiger partial charge in [0.2, 0.25) is 0 Å². The van der Waals surface area contributed by atoms with Crippen molar-refractivity contribution in [2.24, 2.45) is 0 Å². The van der Waals surface area contributed by atoms with Crippen LogP contribution in [0.15, 0.2) is 72.2 Å². The molecule has 0 saturated carbocycles. The lowest BCUT2D eigenvalue weighted by atomic mass is 10.1. The van der Waals surface area contributed by atoms with E-state index >= 15 is 0 Å². The molecule has 1 aliphatic rings. The second kappa shape index (κ2) is 6.52. The number of benzene rings is 2. The molecule has 0 bridgehead atoms. The van der Waals surface area contributed by atoms with Crippen LogP contribution >= 0.6 is 0 Å². The van der Waals surface area contributed by atoms with E-state index in [0.717, 1.165) is 35.9 Å². The molecule has 0 saturated heterocycles. The third-order valence-corrected chi connectivity index (χ3v) is 3.61. The van der Waals surface area contributed by atoms with Gasteiger partial charge in [0.1, 0.15) is 23.0 Å². The van der Waals surface area contributed by atoms with Crippen molar-refractivity contribution in [2.45, 2.75) is 26.7 Å². The first-order valence-corrected chi connectivity index (χ1v) is 7.58. The predicted molar refractivity (Wildman–Crippen MR) is 89.0 cm³/mol. The van der Waals surface area contributed by atoms with Crippen LogP contribution in [0.3, 0.4) is 0 Å². The average Bonchev–Trinajstić information content (AvgIpc) is 2.54. The molecule has 0 spiro atoms. The number of aryl methyl sites for hydroxylation is 2. The van der Waals surface area contributed by atoms with Crippen LogP contribution in [0.5, 0.6) is 11.5 Å². The Labute approximate surface area is 131 Å². The number of hydrogen-bond donors (Lipinski definition) is 0. The van der Waals surface area contributed by atoms with Crippen LogP contribution in [0.25, 0.3) is 0 Å². The van der Waals surface area contributed by atoms with E-state index < -0.39 is 0 Å². The second-order valence-corrected chi connectivity index (χ2v) is 5.60. The van der Waals surface area contributed by atoms with Crippen LogP contribution in [0.2, 0.25) is 0 Å². The van der Waals surface area contributed by atoms with Crippen molar-refractivity contribution in [1.82, 2.24) is 0 Å². The van der Waals surface area contributed by atoms with Gasteiger partial charge in [0.05, 0.1) is 0 Å². The highest BCUT2D eigenvalue weighted by Crippen LogP contribution is 2.25. The molecule has 2 aromatic carbocycles. The highest BCUT2D eigenvalue weighted by Gasteiger charge is 2.10. The van der Waals surface area contributed by atoms with E-state index in [4.69, 9.17) is 9.47 Å². The number of allylic oxidation sites excluding steroid dienone is 4. The summed E-state index contributed by atoms with van der Waals surface area (Å²) in [6.07, 6.45) is 5.69. The third kappa shape index (κ3) is 3.79. The predicted octanol–water partition coefficient (Wildman–Crippen LogP) is 5.32. The van der Waals surface area contributed by atoms with Crippen LogP contribution in [0.1, 0.15) is 24.0 Å². The molecule has 0 atom stereocenters. The molecule has 3 rings (SSSR count). The second-order valence-electron chi connectivity index (χ2n) is 5.60. The molecular weight excluding hydrogens is 272 g/mol. The van der Waals surface area contributed by atoms with Gasteiger partial charge in [-0.2, -0.15) is 0 Å². The van der Waals surface area contributed by atoms with Crippen molar-refractivity contribution in [3.8, 4) is 11.5 Å². The van der Waals surface area contributed by atoms with Crippen molar-refractivity contribution in [2.75, 3.05) is 0 Å². The summed E-state index contributed by atoms with van der Waals surface area (Å²) in [5, 5.41) is 0. The van der Waals surface area contributed by atoms with E-state index in [1.165, 1.54) is 11.1 Å². The van der Waals surface area contributed by atoms with E-state index in [-0.39, 0.29) is 0 Å². The van der Waals surface area contributed by atoms with E-state index in [1.54, 1.807) is 0 Å². The standard InChI is InChI=1S/C20H20O2/c1-15-3-7-17(8-4-15)21-19-11-13-20(14-12-19)22-18-9-5-16(2)6-10-18/h3-11,13H,12,14H2,1-2H3. The SMILES string of the molecule is Cc1ccc(OC2=CC=C(Oc3ccc(C)cc3)CC2)cc1. The first kappa shape index (κ1) is 14.5. The van der Waals surface area contributed by atoms with Crippen LogP contribution in [-0.2, 0) is 0 Å². The minimum atomic E-state index is 0.853. The Kier molecular flexibility index (Phi) is 4.29. The smallest absolute Gasteiger partial charge is 0.126 e. The van der Waals surface area contributed by atoms with Crippen molar-refractivity contribution >= 4 is 0 Å². The molecule has 1 aliphatic carbocycles. The molecule has 2 heteroatoms. The Balaban J connectivity index is 1.63. The fourth-order valence-corrected chi connectivity index (χ4v) is 2.28. The highest BCUT2D eigenvalue weighted by atomic mass is 16.5. The van der Waals surface area contributed by atoms with E-state index in [2.05, 4.69) is 38.1 Å². The first-order valence-electron chi connectivity index (χ1n) is 7.58. The van der Waals surface area contributed by atoms with Gasteiger partial charge >= 0.3 is 0 Å². The molecule has 22 heavy (non-hydrogen) atoms. The number of hydrogen-bond acceptors (Lipinski definition) is 2. The summed E-state index contributed by atoms with van der Waals surface area (Å²) in [5.74, 6) is 3.71. The molecule has 2 nitrogen and oxygen atoms in total. The van der Waals surface area contributed by atoms with Crippen LogP contribution in [0, 0.1) is 13.8 Å². The summed E-state index contributed by atoms with van der Waals surface area (Å²) < 4.78 is 11.8. The van der Waals surface area contributed by atoms with E-state index in [1.807, 2.05) is 36.4 Å². The van der Waals surface area contributed by atoms with Crippen molar-refractivity contribution in [3.05, 3.63) is 83.3 Å². The lowest BCUT2D eigenvalue weighted by Gasteiger charge is -2.16. The van der Waals surface area contributed by atoms with Gasteiger partial charge in [0.25, 0.3) is 0 Å². The lowest BCUT2D eigenvalue weighted by molar-refractivity contribution is 0.361. The van der Waals surface area contributed by atoms with Crippen LogP contribution in [-0.4, -0.2) is 0 Å². The average molecular weight is 292 g/mol. The molecule has 0 amide bonds. The Bertz CT molecular complexity index is 628. The molecule has 0 aliphatic heterocycles. The van der Waals surface area contributed by atoms with Gasteiger partial charge in [-0.3, -0.25) is 0 Å². The zero-order valence-electron chi connectivity index (χ0n) is 13.0. The minimum absolute atomic E-state index is 0.853. The summed E-state index contributed by atoms with van der Waals surface area (Å²) in [6, 6.07) is 16.2. The zero-order valence-corrected chi connectivity index (χ0v) is 13.0. The van der Waals surface area contributed by atoms with Gasteiger partial charge in [0.15, 0.2) is 0 Å². The number of ether oxygens (including phenoxy) is 2. The normalized spacial score (nSPS) is 14.1. The topological polar surface area (TPSA) is 18.5 Å². The van der Waals surface area contributed by atoms with E-state index in [9.17, 15) is 0 Å². The quantitative estimate of drug-likeness (QED) is 0.759. The van der Waals surface area contributed by atoms with Gasteiger partial charge in [-0.15, -0.1) is 0 Å². The minimum Gasteiger partial charge on any atom is -0.462 e. The molecule has 0 N–H and O–H groups in total. The molecule has 112 valence electrons. The molecule has 0 radical (unpaired) electrons. The van der Waals surface area contributed by atoms with Gasteiger partial charge in [-0.1, -0.05) is 35.4 Å². The molecule has 0 unspecified atom stereocenters. The monoisotopic (exact) mass is 292 g/mol. The van der Waals surface area contributed by atoms with Crippen LogP contribution < -0.4 is 9.47 Å². The maximum absolute atomic E-state index is 5.89. The fourth-order valence-electron chi connectivity index (χ4n) is 2.28. The zero-order chi connectivity index (χ0) is 15.4. The van der Waals surface area contributed by atoms with Crippen molar-refractivity contribution in [3.63, 3.8) is 0 Å². The third-order valence-electron chi connectivity index (χ3n) is 3.61. The Morgan fingerprint density at radius 3 is 1.27 bits per heavy atom. The lowest BCUT2D eigenvalue weighted by Crippen LogP contribution is -2.04. The summed E-state index contributed by atoms with van der Waals surface area (Å²) in [7, 11) is 0. The Morgan fingerprint density at radius 2 is 0.955 bits per heavy atom. The van der Waals surface area contributed by atoms with Crippen molar-refractivity contribution in [1.29, 1.82) is 0 Å². The van der Waals surface area contributed by atoms with Crippen LogP contribution in [0.4, 0.5) is 0 Å². The van der Waals surface area contributed by atoms with Gasteiger partial charge < -0.3 is 9.47 Å². The van der Waals surface area contributed by atoms with Gasteiger partial charge in [-0.05, 0) is 50.3 Å². The molecule has 0 aromatic heterocycles. The molecule has 2 aromatic rings. The summed E-state index contributed by atoms with van der Waals surface area (Å²) in [6.45, 7) is 4.14.